The molecule has 1 unspecified atom stereocenters. The standard InChI is InChI=1S/C28H16BF12.C18H14Cl3O2S/c30-25(31,32)17-1-9-21(10-2-17)29(22-11-3-18(4-12-22)26(33,34)35,23-13-5-19(6-14-23)27(36,37)38)24-15-7-20(8-16-24)28(39,40)41;1-24(23,12-11-14-5-3-2-4-6-14)13-17(22)15-7-9-16(10-8-15)18(19,20)21/h1-16H;2-10H,13H2,1H3/q-1;+1. The van der Waals surface area contributed by atoms with E-state index in [2.05, 4.69) is 11.2 Å². The predicted molar refractivity (Wildman–Crippen MR) is 232 cm³/mol. The summed E-state index contributed by atoms with van der Waals surface area (Å²) in [6.45, 7) is 0. The molecule has 0 spiro atoms. The zero-order chi connectivity index (χ0) is 48.2. The van der Waals surface area contributed by atoms with E-state index < -0.39 is 66.8 Å². The van der Waals surface area contributed by atoms with Crippen molar-refractivity contribution in [2.45, 2.75) is 28.5 Å². The van der Waals surface area contributed by atoms with Gasteiger partial charge in [-0.1, -0.05) is 179 Å². The fourth-order valence-electron chi connectivity index (χ4n) is 6.90. The second kappa shape index (κ2) is 19.3. The van der Waals surface area contributed by atoms with Crippen molar-refractivity contribution in [3.8, 4) is 11.2 Å². The van der Waals surface area contributed by atoms with Crippen molar-refractivity contribution in [1.29, 1.82) is 0 Å². The molecule has 340 valence electrons. The van der Waals surface area contributed by atoms with E-state index in [9.17, 15) is 61.7 Å². The number of carbonyl (C=O) groups excluding carboxylic acids is 1. The van der Waals surface area contributed by atoms with Gasteiger partial charge in [-0.05, 0) is 18.1 Å². The van der Waals surface area contributed by atoms with Gasteiger partial charge in [-0.15, -0.1) is 0 Å². The van der Waals surface area contributed by atoms with E-state index >= 15 is 0 Å². The first-order chi connectivity index (χ1) is 30.0. The Balaban J connectivity index is 0.000000281. The number of benzene rings is 6. The van der Waals surface area contributed by atoms with Crippen LogP contribution in [0.3, 0.4) is 0 Å². The summed E-state index contributed by atoms with van der Waals surface area (Å²) in [7, 11) is -2.60. The number of hydrogen-bond donors (Lipinski definition) is 0. The Hall–Kier alpha value is -5.21. The maximum Gasteiger partial charge on any atom is 0.416 e. The molecule has 6 aromatic rings. The largest absolute Gasteiger partial charge is 0.416 e. The number of hydrogen-bond acceptors (Lipinski definition) is 2. The molecule has 0 saturated carbocycles. The first-order valence-corrected chi connectivity index (χ1v) is 21.9. The zero-order valence-corrected chi connectivity index (χ0v) is 36.2. The van der Waals surface area contributed by atoms with E-state index in [0.717, 1.165) is 54.1 Å². The van der Waals surface area contributed by atoms with Gasteiger partial charge in [-0.2, -0.15) is 74.5 Å². The molecule has 0 saturated heterocycles. The smallest absolute Gasteiger partial charge is 0.289 e. The molecule has 0 bridgehead atoms. The van der Waals surface area contributed by atoms with Crippen LogP contribution in [0.5, 0.6) is 0 Å². The number of carbonyl (C=O) groups is 1. The van der Waals surface area contributed by atoms with Gasteiger partial charge in [0, 0.05) is 16.7 Å². The van der Waals surface area contributed by atoms with Crippen molar-refractivity contribution < 1.29 is 61.7 Å². The van der Waals surface area contributed by atoms with E-state index in [1.807, 2.05) is 30.3 Å². The molecule has 0 fully saturated rings. The van der Waals surface area contributed by atoms with Crippen molar-refractivity contribution in [2.24, 2.45) is 0 Å². The van der Waals surface area contributed by atoms with Crippen LogP contribution < -0.4 is 21.9 Å². The maximum atomic E-state index is 13.3. The molecule has 0 aromatic heterocycles. The summed E-state index contributed by atoms with van der Waals surface area (Å²) in [5.74, 6) is 2.42. The molecule has 0 heterocycles. The lowest BCUT2D eigenvalue weighted by molar-refractivity contribution is -0.138. The highest BCUT2D eigenvalue weighted by Gasteiger charge is 2.38. The summed E-state index contributed by atoms with van der Waals surface area (Å²) in [6, 6.07) is 29.0. The van der Waals surface area contributed by atoms with Gasteiger partial charge >= 0.3 is 24.7 Å². The van der Waals surface area contributed by atoms with Gasteiger partial charge < -0.3 is 0 Å². The molecule has 0 aliphatic heterocycles. The van der Waals surface area contributed by atoms with Crippen LogP contribution in [0.2, 0.25) is 0 Å². The Morgan fingerprint density at radius 2 is 0.769 bits per heavy atom. The first kappa shape index (κ1) is 50.8. The van der Waals surface area contributed by atoms with Crippen molar-refractivity contribution >= 4 is 78.5 Å². The first-order valence-electron chi connectivity index (χ1n) is 18.6. The fourth-order valence-corrected chi connectivity index (χ4v) is 8.35. The van der Waals surface area contributed by atoms with Crippen LogP contribution in [0.15, 0.2) is 152 Å². The third-order valence-corrected chi connectivity index (χ3v) is 12.1. The summed E-state index contributed by atoms with van der Waals surface area (Å²) in [5.41, 5.74) is -2.67. The monoisotopic (exact) mass is 990 g/mol. The lowest BCUT2D eigenvalue weighted by Gasteiger charge is -2.44. The van der Waals surface area contributed by atoms with Gasteiger partial charge in [0.05, 0.1) is 22.3 Å². The van der Waals surface area contributed by atoms with Crippen LogP contribution in [0.4, 0.5) is 52.7 Å². The highest BCUT2D eigenvalue weighted by molar-refractivity contribution is 8.07. The van der Waals surface area contributed by atoms with Crippen LogP contribution in [0, 0.1) is 11.2 Å². The minimum Gasteiger partial charge on any atom is -0.289 e. The molecular formula is C46H30BCl3F12O2S. The Labute approximate surface area is 380 Å². The van der Waals surface area contributed by atoms with Crippen LogP contribution >= 0.6 is 34.8 Å². The molecule has 19 heteroatoms. The van der Waals surface area contributed by atoms with E-state index in [0.29, 0.717) is 59.7 Å². The molecule has 0 aliphatic carbocycles. The number of ketones is 1. The Morgan fingerprint density at radius 3 is 1.05 bits per heavy atom. The lowest BCUT2D eigenvalue weighted by Crippen LogP contribution is -2.74. The third-order valence-electron chi connectivity index (χ3n) is 10.1. The van der Waals surface area contributed by atoms with Gasteiger partial charge in [-0.25, -0.2) is 0 Å². The highest BCUT2D eigenvalue weighted by atomic mass is 35.6. The molecule has 2 nitrogen and oxygen atoms in total. The van der Waals surface area contributed by atoms with Crippen molar-refractivity contribution in [1.82, 2.24) is 0 Å². The van der Waals surface area contributed by atoms with Crippen LogP contribution in [0.25, 0.3) is 0 Å². The van der Waals surface area contributed by atoms with E-state index in [1.165, 1.54) is 6.26 Å². The molecule has 6 aromatic carbocycles. The minimum atomic E-state index is -4.77. The summed E-state index contributed by atoms with van der Waals surface area (Å²) in [5, 5.41) is 2.71. The molecule has 0 N–H and O–H groups in total. The predicted octanol–water partition coefficient (Wildman–Crippen LogP) is 12.0. The van der Waals surface area contributed by atoms with Crippen molar-refractivity contribution in [2.75, 3.05) is 12.0 Å². The molecule has 0 radical (unpaired) electrons. The average Bonchev–Trinajstić information content (AvgIpc) is 3.23. The minimum absolute atomic E-state index is 0.0114. The second-order valence-corrected chi connectivity index (χ2v) is 19.4. The van der Waals surface area contributed by atoms with Crippen LogP contribution in [-0.2, 0) is 42.6 Å². The lowest BCUT2D eigenvalue weighted by atomic mass is 9.13. The van der Waals surface area contributed by atoms with E-state index in [4.69, 9.17) is 34.8 Å². The summed E-state index contributed by atoms with van der Waals surface area (Å²) in [6.07, 6.45) is -20.5. The van der Waals surface area contributed by atoms with Crippen LogP contribution in [-0.4, -0.2) is 23.9 Å². The average molecular weight is 992 g/mol. The number of rotatable bonds is 7. The van der Waals surface area contributed by atoms with Gasteiger partial charge in [-0.3, -0.25) is 4.79 Å². The topological polar surface area (TPSA) is 34.1 Å². The van der Waals surface area contributed by atoms with Gasteiger partial charge in [0.1, 0.15) is 12.4 Å². The van der Waals surface area contributed by atoms with Gasteiger partial charge in [0.25, 0.3) is 0 Å². The Morgan fingerprint density at radius 1 is 0.477 bits per heavy atom. The number of alkyl halides is 15. The zero-order valence-electron chi connectivity index (χ0n) is 33.1. The SMILES string of the molecule is C[S+](=O)(C#Cc1ccccc1)CC(=O)c1ccc(C(Cl)(Cl)Cl)cc1.FC(F)(F)c1ccc([B-](c2ccc(C(F)(F)F)cc2)(c2ccc(C(F)(F)F)cc2)c2ccc(C(F)(F)F)cc2)cc1. The molecule has 6 rings (SSSR count). The van der Waals surface area contributed by atoms with Gasteiger partial charge in [0.2, 0.25) is 9.58 Å². The molecule has 65 heavy (non-hydrogen) atoms. The fraction of sp³-hybridized carbons (Fsp3) is 0.152. The summed E-state index contributed by atoms with van der Waals surface area (Å²) >= 11 is 17.3. The van der Waals surface area contributed by atoms with Crippen molar-refractivity contribution in [3.05, 3.63) is 191 Å². The number of halogens is 15. The molecule has 0 amide bonds. The van der Waals surface area contributed by atoms with Crippen LogP contribution in [0.1, 0.15) is 43.7 Å². The highest BCUT2D eigenvalue weighted by Crippen LogP contribution is 2.38. The van der Waals surface area contributed by atoms with Crippen molar-refractivity contribution in [3.63, 3.8) is 0 Å². The third kappa shape index (κ3) is 12.8. The van der Waals surface area contributed by atoms with E-state index in [-0.39, 0.29) is 33.4 Å². The molecule has 0 aliphatic rings. The maximum absolute atomic E-state index is 13.3. The molecular weight excluding hydrogens is 962 g/mol. The summed E-state index contributed by atoms with van der Waals surface area (Å²) in [4.78, 5) is 12.3. The van der Waals surface area contributed by atoms with Gasteiger partial charge in [0.15, 0.2) is 20.9 Å². The summed E-state index contributed by atoms with van der Waals surface area (Å²) < 4.78 is 171. The normalized spacial score (nSPS) is 13.4. The Kier molecular flexibility index (Phi) is 15.1. The second-order valence-electron chi connectivity index (χ2n) is 14.6. The quantitative estimate of drug-likeness (QED) is 0.0399. The Bertz CT molecular complexity index is 2450. The number of Topliss-reactive ketones (excluding diaryl/α,β-unsaturated/α-hetero) is 1. The van der Waals surface area contributed by atoms with E-state index in [1.54, 1.807) is 24.3 Å². The molecule has 1 atom stereocenters.